The number of benzene rings is 3. The predicted octanol–water partition coefficient (Wildman–Crippen LogP) is 4.58. The summed E-state index contributed by atoms with van der Waals surface area (Å²) in [4.78, 5) is 46.2. The minimum atomic E-state index is -0.948. The van der Waals surface area contributed by atoms with Crippen LogP contribution < -0.4 is 19.8 Å². The first-order chi connectivity index (χ1) is 20.9. The zero-order valence-corrected chi connectivity index (χ0v) is 24.1. The van der Waals surface area contributed by atoms with E-state index in [4.69, 9.17) is 9.73 Å². The molecule has 0 spiro atoms. The quantitative estimate of drug-likeness (QED) is 0.175. The lowest BCUT2D eigenvalue weighted by molar-refractivity contribution is -0.384. The van der Waals surface area contributed by atoms with Gasteiger partial charge in [-0.25, -0.2) is 14.2 Å². The number of halogens is 1. The molecular formula is C32H27FN4O5S. The Morgan fingerprint density at radius 1 is 1.12 bits per heavy atom. The molecule has 0 N–H and O–H groups in total. The smallest absolute Gasteiger partial charge is 0.338 e. The highest BCUT2D eigenvalue weighted by Crippen LogP contribution is 2.35. The third-order valence-corrected chi connectivity index (χ3v) is 8.50. The number of aromatic nitrogens is 1. The van der Waals surface area contributed by atoms with Crippen LogP contribution in [0.2, 0.25) is 0 Å². The summed E-state index contributed by atoms with van der Waals surface area (Å²) in [7, 11) is 0. The molecule has 0 unspecified atom stereocenters. The number of esters is 1. The molecule has 0 bridgehead atoms. The lowest BCUT2D eigenvalue weighted by atomic mass is 9.93. The summed E-state index contributed by atoms with van der Waals surface area (Å²) in [5.74, 6) is -1.09. The van der Waals surface area contributed by atoms with E-state index in [0.29, 0.717) is 31.7 Å². The number of nitro groups is 1. The molecule has 1 fully saturated rings. The number of rotatable bonds is 7. The number of nitrogens with zero attached hydrogens (tertiary/aromatic N) is 4. The number of fused-ring (bicyclic) bond motifs is 1. The largest absolute Gasteiger partial charge is 0.463 e. The van der Waals surface area contributed by atoms with Crippen LogP contribution in [0, 0.1) is 15.9 Å². The van der Waals surface area contributed by atoms with Crippen molar-refractivity contribution in [3.05, 3.63) is 131 Å². The first-order valence-electron chi connectivity index (χ1n) is 13.9. The number of hydrogen-bond acceptors (Lipinski definition) is 8. The Balaban J connectivity index is 1.63. The number of thiazole rings is 1. The Bertz CT molecular complexity index is 1930. The summed E-state index contributed by atoms with van der Waals surface area (Å²) < 4.78 is 21.2. The molecule has 1 aromatic heterocycles. The second kappa shape index (κ2) is 11.8. The van der Waals surface area contributed by atoms with E-state index in [9.17, 15) is 24.1 Å². The fraction of sp³-hybridized carbons (Fsp3) is 0.219. The molecule has 1 saturated heterocycles. The van der Waals surface area contributed by atoms with Crippen molar-refractivity contribution in [2.24, 2.45) is 4.99 Å². The molecule has 3 heterocycles. The minimum Gasteiger partial charge on any atom is -0.463 e. The van der Waals surface area contributed by atoms with Crippen LogP contribution in [0.4, 0.5) is 15.8 Å². The third-order valence-electron chi connectivity index (χ3n) is 7.51. The Morgan fingerprint density at radius 3 is 2.51 bits per heavy atom. The maximum atomic E-state index is 14.2. The fourth-order valence-electron chi connectivity index (χ4n) is 5.56. The van der Waals surface area contributed by atoms with Crippen LogP contribution in [0.1, 0.15) is 42.5 Å². The summed E-state index contributed by atoms with van der Waals surface area (Å²) >= 11 is 1.13. The van der Waals surface area contributed by atoms with Crippen molar-refractivity contribution in [2.45, 2.75) is 25.8 Å². The van der Waals surface area contributed by atoms with Gasteiger partial charge < -0.3 is 9.64 Å². The number of anilines is 1. The highest BCUT2D eigenvalue weighted by Gasteiger charge is 2.35. The van der Waals surface area contributed by atoms with E-state index in [1.807, 2.05) is 30.3 Å². The SMILES string of the molecule is CCOC(=O)C1=C(c2ccccc2)N=c2s/c(=C/c3cc([N+](=O)[O-])ccc3N3CCCC3)c(=O)n2[C@H]1c1ccc(F)cc1. The van der Waals surface area contributed by atoms with E-state index >= 15 is 0 Å². The minimum absolute atomic E-state index is 0.0814. The summed E-state index contributed by atoms with van der Waals surface area (Å²) in [6.07, 6.45) is 3.67. The molecule has 0 amide bonds. The molecular weight excluding hydrogens is 571 g/mol. The number of nitro benzene ring substituents is 1. The fourth-order valence-corrected chi connectivity index (χ4v) is 6.55. The van der Waals surface area contributed by atoms with Crippen LogP contribution in [0.15, 0.2) is 88.2 Å². The van der Waals surface area contributed by atoms with Crippen molar-refractivity contribution in [1.29, 1.82) is 0 Å². The maximum absolute atomic E-state index is 14.2. The second-order valence-electron chi connectivity index (χ2n) is 10.2. The monoisotopic (exact) mass is 598 g/mol. The van der Waals surface area contributed by atoms with Gasteiger partial charge in [0.05, 0.1) is 33.4 Å². The van der Waals surface area contributed by atoms with Crippen molar-refractivity contribution < 1.29 is 18.8 Å². The lowest BCUT2D eigenvalue weighted by Gasteiger charge is -2.25. The number of hydrogen-bond donors (Lipinski definition) is 0. The summed E-state index contributed by atoms with van der Waals surface area (Å²) in [5.41, 5.74) is 2.53. The predicted molar refractivity (Wildman–Crippen MR) is 162 cm³/mol. The zero-order chi connectivity index (χ0) is 30.1. The Kier molecular flexibility index (Phi) is 7.73. The molecule has 11 heteroatoms. The van der Waals surface area contributed by atoms with Crippen LogP contribution >= 0.6 is 11.3 Å². The van der Waals surface area contributed by atoms with Gasteiger partial charge in [-0.3, -0.25) is 19.5 Å². The van der Waals surface area contributed by atoms with Crippen molar-refractivity contribution in [3.8, 4) is 0 Å². The van der Waals surface area contributed by atoms with Gasteiger partial charge in [0, 0.05) is 42.0 Å². The average molecular weight is 599 g/mol. The van der Waals surface area contributed by atoms with E-state index in [-0.39, 0.29) is 17.9 Å². The van der Waals surface area contributed by atoms with Gasteiger partial charge >= 0.3 is 5.97 Å². The molecule has 43 heavy (non-hydrogen) atoms. The molecule has 0 saturated carbocycles. The van der Waals surface area contributed by atoms with Gasteiger partial charge in [0.1, 0.15) is 5.82 Å². The molecule has 3 aromatic carbocycles. The molecule has 4 aromatic rings. The third kappa shape index (κ3) is 5.39. The molecule has 218 valence electrons. The highest BCUT2D eigenvalue weighted by molar-refractivity contribution is 7.07. The van der Waals surface area contributed by atoms with E-state index in [0.717, 1.165) is 43.0 Å². The number of non-ortho nitro benzene ring substituents is 1. The van der Waals surface area contributed by atoms with Crippen molar-refractivity contribution in [3.63, 3.8) is 0 Å². The molecule has 1 atom stereocenters. The summed E-state index contributed by atoms with van der Waals surface area (Å²) in [5, 5.41) is 11.6. The van der Waals surface area contributed by atoms with Crippen LogP contribution in [-0.2, 0) is 9.53 Å². The van der Waals surface area contributed by atoms with Gasteiger partial charge in [-0.2, -0.15) is 0 Å². The van der Waals surface area contributed by atoms with Gasteiger partial charge in [-0.1, -0.05) is 53.8 Å². The highest BCUT2D eigenvalue weighted by atomic mass is 32.1. The molecule has 2 aliphatic heterocycles. The topological polar surface area (TPSA) is 107 Å². The molecule has 9 nitrogen and oxygen atoms in total. The van der Waals surface area contributed by atoms with Gasteiger partial charge in [-0.15, -0.1) is 0 Å². The Labute approximate surface area is 249 Å². The Morgan fingerprint density at radius 2 is 1.84 bits per heavy atom. The second-order valence-corrected chi connectivity index (χ2v) is 11.2. The maximum Gasteiger partial charge on any atom is 0.338 e. The van der Waals surface area contributed by atoms with Gasteiger partial charge in [-0.05, 0) is 49.6 Å². The van der Waals surface area contributed by atoms with Gasteiger partial charge in [0.15, 0.2) is 4.80 Å². The van der Waals surface area contributed by atoms with Gasteiger partial charge in [0.25, 0.3) is 11.2 Å². The number of carbonyl (C=O) groups is 1. The van der Waals surface area contributed by atoms with Crippen LogP contribution in [0.3, 0.4) is 0 Å². The lowest BCUT2D eigenvalue weighted by Crippen LogP contribution is -2.40. The first-order valence-corrected chi connectivity index (χ1v) is 14.7. The normalized spacial score (nSPS) is 16.7. The van der Waals surface area contributed by atoms with E-state index in [1.165, 1.54) is 41.0 Å². The van der Waals surface area contributed by atoms with E-state index in [1.54, 1.807) is 19.1 Å². The van der Waals surface area contributed by atoms with Crippen molar-refractivity contribution in [1.82, 2.24) is 4.57 Å². The average Bonchev–Trinajstić information content (AvgIpc) is 3.65. The van der Waals surface area contributed by atoms with Crippen molar-refractivity contribution >= 4 is 40.5 Å². The van der Waals surface area contributed by atoms with Crippen LogP contribution in [0.5, 0.6) is 0 Å². The van der Waals surface area contributed by atoms with E-state index in [2.05, 4.69) is 4.90 Å². The molecule has 2 aliphatic rings. The Hall–Kier alpha value is -4.90. The van der Waals surface area contributed by atoms with Crippen LogP contribution in [-0.4, -0.2) is 35.2 Å². The zero-order valence-electron chi connectivity index (χ0n) is 23.2. The summed E-state index contributed by atoms with van der Waals surface area (Å²) in [6.45, 7) is 3.43. The van der Waals surface area contributed by atoms with E-state index < -0.39 is 28.3 Å². The van der Waals surface area contributed by atoms with Crippen molar-refractivity contribution in [2.75, 3.05) is 24.6 Å². The standard InChI is InChI=1S/C32H27FN4O5S/c1-2-42-31(39)27-28(20-8-4-3-5-9-20)34-32-36(29(27)21-10-12-23(33)13-11-21)30(38)26(43-32)19-22-18-24(37(40)41)14-15-25(22)35-16-6-7-17-35/h3-5,8-15,18-19,29H,2,6-7,16-17H2,1H3/b26-19+/t29-/m0/s1. The van der Waals surface area contributed by atoms with Gasteiger partial charge in [0.2, 0.25) is 0 Å². The number of ether oxygens (including phenoxy) is 1. The molecule has 0 aliphatic carbocycles. The molecule has 0 radical (unpaired) electrons. The first kappa shape index (κ1) is 28.2. The van der Waals surface area contributed by atoms with Crippen LogP contribution in [0.25, 0.3) is 11.8 Å². The molecule has 6 rings (SSSR count). The summed E-state index contributed by atoms with van der Waals surface area (Å²) in [6, 6.07) is 18.5. The number of carbonyl (C=O) groups excluding carboxylic acids is 1.